The molecule has 2 aliphatic rings. The van der Waals surface area contributed by atoms with Crippen molar-refractivity contribution < 1.29 is 9.90 Å². The van der Waals surface area contributed by atoms with Gasteiger partial charge < -0.3 is 10.0 Å². The maximum absolute atomic E-state index is 12.6. The SMILES string of the molecule is CC(C)=CC[C@]1(CO)CCCN(CC(=O)N2CCCCCC2)C1. The van der Waals surface area contributed by atoms with Crippen molar-refractivity contribution in [2.24, 2.45) is 5.41 Å². The van der Waals surface area contributed by atoms with Gasteiger partial charge in [-0.1, -0.05) is 24.5 Å². The van der Waals surface area contributed by atoms with Gasteiger partial charge in [-0.25, -0.2) is 0 Å². The smallest absolute Gasteiger partial charge is 0.236 e. The number of likely N-dealkylation sites (tertiary alicyclic amines) is 2. The van der Waals surface area contributed by atoms with E-state index >= 15 is 0 Å². The predicted octanol–water partition coefficient (Wildman–Crippen LogP) is 2.82. The Labute approximate surface area is 141 Å². The summed E-state index contributed by atoms with van der Waals surface area (Å²) in [6.45, 7) is 8.62. The lowest BCUT2D eigenvalue weighted by Crippen LogP contribution is -2.49. The highest BCUT2D eigenvalue weighted by Crippen LogP contribution is 2.34. The monoisotopic (exact) mass is 322 g/mol. The third kappa shape index (κ3) is 5.61. The van der Waals surface area contributed by atoms with E-state index in [0.717, 1.165) is 58.3 Å². The molecule has 0 bridgehead atoms. The summed E-state index contributed by atoms with van der Waals surface area (Å²) in [5, 5.41) is 9.94. The molecule has 1 amide bonds. The molecule has 2 fully saturated rings. The van der Waals surface area contributed by atoms with Crippen molar-refractivity contribution in [2.75, 3.05) is 39.3 Å². The zero-order valence-electron chi connectivity index (χ0n) is 15.0. The van der Waals surface area contributed by atoms with Crippen molar-refractivity contribution in [1.82, 2.24) is 9.80 Å². The molecule has 2 rings (SSSR count). The highest BCUT2D eigenvalue weighted by atomic mass is 16.3. The van der Waals surface area contributed by atoms with Gasteiger partial charge in [0.1, 0.15) is 0 Å². The van der Waals surface area contributed by atoms with Gasteiger partial charge in [-0.3, -0.25) is 9.69 Å². The van der Waals surface area contributed by atoms with Gasteiger partial charge in [0.15, 0.2) is 0 Å². The number of amides is 1. The van der Waals surface area contributed by atoms with Crippen LogP contribution in [0.25, 0.3) is 0 Å². The molecule has 4 nitrogen and oxygen atoms in total. The van der Waals surface area contributed by atoms with Crippen LogP contribution in [-0.4, -0.2) is 60.1 Å². The maximum Gasteiger partial charge on any atom is 0.236 e. The summed E-state index contributed by atoms with van der Waals surface area (Å²) in [7, 11) is 0. The predicted molar refractivity (Wildman–Crippen MR) is 94.3 cm³/mol. The molecular formula is C19H34N2O2. The average molecular weight is 322 g/mol. The lowest BCUT2D eigenvalue weighted by Gasteiger charge is -2.41. The van der Waals surface area contributed by atoms with Crippen molar-refractivity contribution in [3.8, 4) is 0 Å². The van der Waals surface area contributed by atoms with E-state index in [1.165, 1.54) is 18.4 Å². The van der Waals surface area contributed by atoms with Crippen molar-refractivity contribution in [3.05, 3.63) is 11.6 Å². The Morgan fingerprint density at radius 3 is 2.39 bits per heavy atom. The lowest BCUT2D eigenvalue weighted by atomic mass is 9.77. The van der Waals surface area contributed by atoms with E-state index in [1.807, 2.05) is 0 Å². The first-order valence-corrected chi connectivity index (χ1v) is 9.29. The Morgan fingerprint density at radius 2 is 1.78 bits per heavy atom. The molecule has 0 aromatic carbocycles. The molecule has 132 valence electrons. The maximum atomic E-state index is 12.6. The minimum absolute atomic E-state index is 0.0609. The van der Waals surface area contributed by atoms with Gasteiger partial charge in [-0.15, -0.1) is 0 Å². The quantitative estimate of drug-likeness (QED) is 0.792. The van der Waals surface area contributed by atoms with Crippen LogP contribution in [-0.2, 0) is 4.79 Å². The van der Waals surface area contributed by atoms with Crippen LogP contribution in [0.15, 0.2) is 11.6 Å². The lowest BCUT2D eigenvalue weighted by molar-refractivity contribution is -0.133. The van der Waals surface area contributed by atoms with E-state index in [1.54, 1.807) is 0 Å². The number of nitrogens with zero attached hydrogens (tertiary/aromatic N) is 2. The zero-order valence-corrected chi connectivity index (χ0v) is 15.0. The molecule has 0 aromatic rings. The van der Waals surface area contributed by atoms with Crippen LogP contribution in [0.4, 0.5) is 0 Å². The molecule has 4 heteroatoms. The van der Waals surface area contributed by atoms with Gasteiger partial charge in [-0.2, -0.15) is 0 Å². The number of carbonyl (C=O) groups is 1. The van der Waals surface area contributed by atoms with E-state index in [9.17, 15) is 9.90 Å². The van der Waals surface area contributed by atoms with E-state index in [-0.39, 0.29) is 17.9 Å². The van der Waals surface area contributed by atoms with E-state index in [2.05, 4.69) is 29.7 Å². The van der Waals surface area contributed by atoms with Gasteiger partial charge in [-0.05, 0) is 52.5 Å². The Bertz CT molecular complexity index is 410. The summed E-state index contributed by atoms with van der Waals surface area (Å²) in [5.74, 6) is 0.280. The van der Waals surface area contributed by atoms with Gasteiger partial charge in [0.05, 0.1) is 13.2 Å². The highest BCUT2D eigenvalue weighted by molar-refractivity contribution is 5.78. The number of hydrogen-bond donors (Lipinski definition) is 1. The first kappa shape index (κ1) is 18.5. The van der Waals surface area contributed by atoms with Crippen molar-refractivity contribution >= 4 is 5.91 Å². The molecule has 0 radical (unpaired) electrons. The van der Waals surface area contributed by atoms with Gasteiger partial charge >= 0.3 is 0 Å². The highest BCUT2D eigenvalue weighted by Gasteiger charge is 2.35. The van der Waals surface area contributed by atoms with Crippen LogP contribution < -0.4 is 0 Å². The molecule has 0 saturated carbocycles. The molecule has 0 unspecified atom stereocenters. The zero-order chi connectivity index (χ0) is 16.7. The molecule has 2 heterocycles. The molecule has 2 aliphatic heterocycles. The van der Waals surface area contributed by atoms with E-state index in [0.29, 0.717) is 6.54 Å². The first-order chi connectivity index (χ1) is 11.0. The van der Waals surface area contributed by atoms with Crippen molar-refractivity contribution in [2.45, 2.75) is 58.8 Å². The number of carbonyl (C=O) groups excluding carboxylic acids is 1. The molecule has 0 aromatic heterocycles. The molecule has 2 saturated heterocycles. The minimum atomic E-state index is -0.0609. The van der Waals surface area contributed by atoms with Gasteiger partial charge in [0.2, 0.25) is 5.91 Å². The summed E-state index contributed by atoms with van der Waals surface area (Å²) >= 11 is 0. The number of rotatable bonds is 5. The number of piperidine rings is 1. The third-order valence-corrected chi connectivity index (χ3v) is 5.34. The summed E-state index contributed by atoms with van der Waals surface area (Å²) in [6, 6.07) is 0. The number of aliphatic hydroxyl groups is 1. The fourth-order valence-corrected chi connectivity index (χ4v) is 3.84. The van der Waals surface area contributed by atoms with Crippen LogP contribution in [0.5, 0.6) is 0 Å². The molecule has 0 aliphatic carbocycles. The van der Waals surface area contributed by atoms with Crippen LogP contribution in [0.2, 0.25) is 0 Å². The second-order valence-electron chi connectivity index (χ2n) is 7.75. The second-order valence-corrected chi connectivity index (χ2v) is 7.75. The Balaban J connectivity index is 1.91. The fraction of sp³-hybridized carbons (Fsp3) is 0.842. The molecule has 23 heavy (non-hydrogen) atoms. The number of hydrogen-bond acceptors (Lipinski definition) is 3. The first-order valence-electron chi connectivity index (χ1n) is 9.29. The second kappa shape index (κ2) is 8.84. The Hall–Kier alpha value is -0.870. The summed E-state index contributed by atoms with van der Waals surface area (Å²) in [5.41, 5.74) is 1.24. The Morgan fingerprint density at radius 1 is 1.09 bits per heavy atom. The normalized spacial score (nSPS) is 26.7. The largest absolute Gasteiger partial charge is 0.396 e. The Kier molecular flexibility index (Phi) is 7.09. The number of allylic oxidation sites excluding steroid dienone is 2. The minimum Gasteiger partial charge on any atom is -0.396 e. The molecule has 0 spiro atoms. The third-order valence-electron chi connectivity index (χ3n) is 5.34. The van der Waals surface area contributed by atoms with E-state index in [4.69, 9.17) is 0 Å². The van der Waals surface area contributed by atoms with Gasteiger partial charge in [0, 0.05) is 25.0 Å². The topological polar surface area (TPSA) is 43.8 Å². The molecule has 1 atom stereocenters. The summed E-state index contributed by atoms with van der Waals surface area (Å²) < 4.78 is 0. The fourth-order valence-electron chi connectivity index (χ4n) is 3.84. The average Bonchev–Trinajstić information content (AvgIpc) is 2.82. The van der Waals surface area contributed by atoms with Crippen LogP contribution in [0.3, 0.4) is 0 Å². The molecule has 1 N–H and O–H groups in total. The summed E-state index contributed by atoms with van der Waals surface area (Å²) in [6.07, 6.45) is 10.1. The van der Waals surface area contributed by atoms with Crippen molar-refractivity contribution in [3.63, 3.8) is 0 Å². The number of aliphatic hydroxyl groups excluding tert-OH is 1. The summed E-state index contributed by atoms with van der Waals surface area (Å²) in [4.78, 5) is 16.9. The van der Waals surface area contributed by atoms with Crippen molar-refractivity contribution in [1.29, 1.82) is 0 Å². The molecular weight excluding hydrogens is 288 g/mol. The van der Waals surface area contributed by atoms with Gasteiger partial charge in [0.25, 0.3) is 0 Å². The standard InChI is InChI=1S/C19H34N2O2/c1-17(2)8-10-19(16-22)9-7-11-20(15-19)14-18(23)21-12-5-3-4-6-13-21/h8,22H,3-7,9-16H2,1-2H3/t19-/m1/s1. The van der Waals surface area contributed by atoms with Crippen LogP contribution >= 0.6 is 0 Å². The van der Waals surface area contributed by atoms with E-state index < -0.39 is 0 Å². The van der Waals surface area contributed by atoms with Crippen LogP contribution in [0.1, 0.15) is 58.8 Å². The van der Waals surface area contributed by atoms with Crippen LogP contribution in [0, 0.1) is 5.41 Å².